The Balaban J connectivity index is 1.38. The monoisotopic (exact) mass is 824 g/mol. The van der Waals surface area contributed by atoms with Crippen molar-refractivity contribution in [1.29, 1.82) is 0 Å². The lowest BCUT2D eigenvalue weighted by atomic mass is 9.90. The zero-order chi connectivity index (χ0) is 43.1. The molecule has 2 N–H and O–H groups in total. The van der Waals surface area contributed by atoms with E-state index in [2.05, 4.69) is 24.1 Å². The van der Waals surface area contributed by atoms with Crippen LogP contribution in [-0.2, 0) is 17.8 Å². The van der Waals surface area contributed by atoms with E-state index in [0.29, 0.717) is 77.8 Å². The third kappa shape index (κ3) is 10.1. The van der Waals surface area contributed by atoms with Crippen molar-refractivity contribution >= 4 is 23.5 Å². The van der Waals surface area contributed by atoms with Crippen molar-refractivity contribution in [2.75, 3.05) is 51.7 Å². The Morgan fingerprint density at radius 2 is 1.53 bits per heavy atom. The fourth-order valence-electron chi connectivity index (χ4n) is 7.67. The zero-order valence-corrected chi connectivity index (χ0v) is 36.6. The number of nitrogens with one attached hydrogen (secondary N) is 1. The first-order valence-corrected chi connectivity index (χ1v) is 20.6. The number of piperidine rings is 1. The summed E-state index contributed by atoms with van der Waals surface area (Å²) in [6.45, 7) is 13.8. The normalized spacial score (nSPS) is 14.4. The predicted octanol–water partition coefficient (Wildman–Crippen LogP) is 7.87. The van der Waals surface area contributed by atoms with Crippen LogP contribution in [0, 0.1) is 6.92 Å². The highest BCUT2D eigenvalue weighted by Crippen LogP contribution is 2.35. The molecule has 3 aromatic heterocycles. The Kier molecular flexibility index (Phi) is 13.9. The molecule has 322 valence electrons. The maximum Gasteiger partial charge on any atom is 0.410 e. The topological polar surface area (TPSA) is 158 Å². The van der Waals surface area contributed by atoms with Crippen LogP contribution in [0.3, 0.4) is 0 Å². The lowest BCUT2D eigenvalue weighted by molar-refractivity contribution is 0.0204. The van der Waals surface area contributed by atoms with Gasteiger partial charge in [0.2, 0.25) is 5.95 Å². The van der Waals surface area contributed by atoms with Gasteiger partial charge in [-0.3, -0.25) is 4.98 Å². The number of pyridine rings is 1. The fourth-order valence-corrected chi connectivity index (χ4v) is 7.67. The smallest absolute Gasteiger partial charge is 0.410 e. The van der Waals surface area contributed by atoms with Gasteiger partial charge in [-0.25, -0.2) is 14.3 Å². The van der Waals surface area contributed by atoms with Crippen molar-refractivity contribution in [2.45, 2.75) is 104 Å². The number of aromatic nitrogens is 5. The number of carbonyl (C=O) groups excluding carboxylic acids is 1. The minimum atomic E-state index is -1.10. The van der Waals surface area contributed by atoms with Gasteiger partial charge >= 0.3 is 6.09 Å². The number of methoxy groups -OCH3 is 4. The lowest BCUT2D eigenvalue weighted by Gasteiger charge is -2.33. The van der Waals surface area contributed by atoms with Crippen LogP contribution < -0.4 is 29.2 Å². The number of rotatable bonds is 16. The standard InChI is InChI=1S/C45H60N8O7/c1-11-12-29(3)48-43-49-42(52(26-31-13-15-34(56-7)22-37(31)58-9)27-32-14-16-35(57-8)23-38(32)59-10)41-47-25-36(53(41)50-43)40(54)33-21-28(2)39(46-24-33)30-17-19-51(20-18-30)44(55)60-45(4,5)6/h13-16,21-25,29-30,40,54H,11-12,17-20,26-27H2,1-10H3,(H,48,50). The largest absolute Gasteiger partial charge is 0.497 e. The van der Waals surface area contributed by atoms with Crippen LogP contribution in [0.4, 0.5) is 16.6 Å². The van der Waals surface area contributed by atoms with Crippen molar-refractivity contribution in [3.05, 3.63) is 88.5 Å². The number of fused-ring (bicyclic) bond motifs is 1. The summed E-state index contributed by atoms with van der Waals surface area (Å²) in [5, 5.41) is 20.5. The van der Waals surface area contributed by atoms with Gasteiger partial charge in [0.25, 0.3) is 0 Å². The summed E-state index contributed by atoms with van der Waals surface area (Å²) < 4.78 is 29.9. The van der Waals surface area contributed by atoms with E-state index in [4.69, 9.17) is 43.7 Å². The van der Waals surface area contributed by atoms with E-state index in [1.807, 2.05) is 70.2 Å². The average molecular weight is 825 g/mol. The molecule has 60 heavy (non-hydrogen) atoms. The molecule has 5 aromatic rings. The molecule has 1 fully saturated rings. The number of carbonyl (C=O) groups is 1. The number of aliphatic hydroxyl groups is 1. The van der Waals surface area contributed by atoms with Gasteiger partial charge in [0.05, 0.1) is 40.3 Å². The number of amides is 1. The summed E-state index contributed by atoms with van der Waals surface area (Å²) in [5.74, 6) is 3.76. The molecule has 0 aliphatic carbocycles. The van der Waals surface area contributed by atoms with E-state index in [0.717, 1.165) is 48.1 Å². The quantitative estimate of drug-likeness (QED) is 0.0992. The van der Waals surface area contributed by atoms with Crippen LogP contribution >= 0.6 is 0 Å². The molecule has 0 spiro atoms. The average Bonchev–Trinajstić information content (AvgIpc) is 3.66. The summed E-state index contributed by atoms with van der Waals surface area (Å²) in [4.78, 5) is 31.4. The lowest BCUT2D eigenvalue weighted by Crippen LogP contribution is -2.41. The third-order valence-electron chi connectivity index (χ3n) is 10.7. The van der Waals surface area contributed by atoms with Gasteiger partial charge in [-0.1, -0.05) is 13.3 Å². The molecule has 15 nitrogen and oxygen atoms in total. The summed E-state index contributed by atoms with van der Waals surface area (Å²) in [5.41, 5.74) is 4.70. The van der Waals surface area contributed by atoms with E-state index in [1.54, 1.807) is 50.2 Å². The van der Waals surface area contributed by atoms with E-state index in [1.165, 1.54) is 0 Å². The first-order valence-electron chi connectivity index (χ1n) is 20.6. The molecule has 1 aliphatic rings. The molecular weight excluding hydrogens is 765 g/mol. The molecular formula is C45H60N8O7. The summed E-state index contributed by atoms with van der Waals surface area (Å²) >= 11 is 0. The second-order valence-electron chi connectivity index (χ2n) is 16.3. The third-order valence-corrected chi connectivity index (χ3v) is 10.7. The van der Waals surface area contributed by atoms with Gasteiger partial charge in [0.15, 0.2) is 11.5 Å². The minimum absolute atomic E-state index is 0.0735. The number of benzene rings is 2. The first kappa shape index (κ1) is 43.7. The van der Waals surface area contributed by atoms with E-state index < -0.39 is 11.7 Å². The van der Waals surface area contributed by atoms with Crippen LogP contribution in [0.1, 0.15) is 106 Å². The van der Waals surface area contributed by atoms with Crippen molar-refractivity contribution in [1.82, 2.24) is 29.5 Å². The maximum atomic E-state index is 12.7. The van der Waals surface area contributed by atoms with Crippen molar-refractivity contribution in [2.24, 2.45) is 0 Å². The highest BCUT2D eigenvalue weighted by molar-refractivity contribution is 5.68. The molecule has 2 aromatic carbocycles. The number of aliphatic hydroxyl groups excluding tert-OH is 1. The Morgan fingerprint density at radius 3 is 2.07 bits per heavy atom. The minimum Gasteiger partial charge on any atom is -0.497 e. The Labute approximate surface area is 353 Å². The number of hydrogen-bond donors (Lipinski definition) is 2. The van der Waals surface area contributed by atoms with Gasteiger partial charge in [-0.15, -0.1) is 5.10 Å². The molecule has 2 unspecified atom stereocenters. The maximum absolute atomic E-state index is 12.7. The van der Waals surface area contributed by atoms with Crippen LogP contribution in [0.2, 0.25) is 0 Å². The second kappa shape index (κ2) is 19.0. The number of nitrogens with zero attached hydrogens (tertiary/aromatic N) is 7. The second-order valence-corrected chi connectivity index (χ2v) is 16.3. The molecule has 0 saturated carbocycles. The Bertz CT molecular complexity index is 2190. The molecule has 1 aliphatic heterocycles. The van der Waals surface area contributed by atoms with Gasteiger partial charge in [-0.05, 0) is 89.8 Å². The van der Waals surface area contributed by atoms with Crippen LogP contribution in [0.15, 0.2) is 54.9 Å². The molecule has 2 atom stereocenters. The molecule has 1 saturated heterocycles. The number of aryl methyl sites for hydroxylation is 1. The number of ether oxygens (including phenoxy) is 5. The predicted molar refractivity (Wildman–Crippen MR) is 231 cm³/mol. The van der Waals surface area contributed by atoms with Gasteiger partial charge in [-0.2, -0.15) is 4.98 Å². The summed E-state index contributed by atoms with van der Waals surface area (Å²) in [6.07, 6.45) is 5.42. The molecule has 4 heterocycles. The Morgan fingerprint density at radius 1 is 0.917 bits per heavy atom. The van der Waals surface area contributed by atoms with E-state index >= 15 is 0 Å². The number of hydrogen-bond acceptors (Lipinski definition) is 13. The number of likely N-dealkylation sites (tertiary alicyclic amines) is 1. The van der Waals surface area contributed by atoms with Gasteiger partial charge < -0.3 is 43.9 Å². The molecule has 0 radical (unpaired) electrons. The fraction of sp³-hybridized carbons (Fsp3) is 0.489. The molecule has 0 bridgehead atoms. The van der Waals surface area contributed by atoms with Gasteiger partial charge in [0.1, 0.15) is 34.7 Å². The van der Waals surface area contributed by atoms with Crippen molar-refractivity contribution in [3.8, 4) is 23.0 Å². The molecule has 6 rings (SSSR count). The summed E-state index contributed by atoms with van der Waals surface area (Å²) in [6, 6.07) is 13.5. The number of imidazole rings is 1. The van der Waals surface area contributed by atoms with E-state index in [-0.39, 0.29) is 18.1 Å². The molecule has 15 heteroatoms. The van der Waals surface area contributed by atoms with Crippen LogP contribution in [0.25, 0.3) is 5.65 Å². The SMILES string of the molecule is CCCC(C)Nc1nc(N(Cc2ccc(OC)cc2OC)Cc2ccc(OC)cc2OC)c2ncc(C(O)c3cnc(C4CCN(C(=O)OC(C)(C)C)CC4)c(C)c3)n2n1. The van der Waals surface area contributed by atoms with Gasteiger partial charge in [0, 0.05) is 78.9 Å². The van der Waals surface area contributed by atoms with Crippen molar-refractivity contribution in [3.63, 3.8) is 0 Å². The first-order chi connectivity index (χ1) is 28.7. The van der Waals surface area contributed by atoms with Crippen molar-refractivity contribution < 1.29 is 33.6 Å². The van der Waals surface area contributed by atoms with E-state index in [9.17, 15) is 9.90 Å². The van der Waals surface area contributed by atoms with Crippen LogP contribution in [-0.4, -0.2) is 93.8 Å². The van der Waals surface area contributed by atoms with Crippen LogP contribution in [0.5, 0.6) is 23.0 Å². The molecule has 1 amide bonds. The zero-order valence-electron chi connectivity index (χ0n) is 36.6. The number of anilines is 2. The summed E-state index contributed by atoms with van der Waals surface area (Å²) in [7, 11) is 6.51. The highest BCUT2D eigenvalue weighted by atomic mass is 16.6. The Hall–Kier alpha value is -5.83. The highest BCUT2D eigenvalue weighted by Gasteiger charge is 2.30.